The second kappa shape index (κ2) is 5.49. The Morgan fingerprint density at radius 3 is 2.32 bits per heavy atom. The van der Waals surface area contributed by atoms with Crippen LogP contribution < -0.4 is 0 Å². The minimum Gasteiger partial charge on any atom is -0.375 e. The van der Waals surface area contributed by atoms with E-state index in [0.29, 0.717) is 0 Å². The Kier molecular flexibility index (Phi) is 3.96. The zero-order chi connectivity index (χ0) is 13.9. The number of hydrogen-bond donors (Lipinski definition) is 0. The fourth-order valence-electron chi connectivity index (χ4n) is 2.17. The monoisotopic (exact) mass is 256 g/mol. The average molecular weight is 256 g/mol. The first kappa shape index (κ1) is 13.7. The Bertz CT molecular complexity index is 532. The third-order valence-electron chi connectivity index (χ3n) is 2.99. The fourth-order valence-corrected chi connectivity index (χ4v) is 2.17. The van der Waals surface area contributed by atoms with Crippen LogP contribution in [0.5, 0.6) is 0 Å². The van der Waals surface area contributed by atoms with Crippen molar-refractivity contribution in [2.24, 2.45) is 5.41 Å². The molecule has 0 aromatic carbocycles. The summed E-state index contributed by atoms with van der Waals surface area (Å²) in [5.74, 6) is 0. The summed E-state index contributed by atoms with van der Waals surface area (Å²) >= 11 is 0. The van der Waals surface area contributed by atoms with Crippen molar-refractivity contribution in [2.75, 3.05) is 7.11 Å². The largest absolute Gasteiger partial charge is 0.375 e. The van der Waals surface area contributed by atoms with Crippen molar-refractivity contribution in [1.82, 2.24) is 9.97 Å². The van der Waals surface area contributed by atoms with Crippen molar-refractivity contribution in [3.63, 3.8) is 0 Å². The first-order chi connectivity index (χ1) is 9.02. The predicted molar refractivity (Wildman–Crippen MR) is 76.7 cm³/mol. The average Bonchev–Trinajstić information content (AvgIpc) is 2.39. The molecule has 0 radical (unpaired) electrons. The molecule has 2 aromatic rings. The van der Waals surface area contributed by atoms with Crippen molar-refractivity contribution in [1.29, 1.82) is 0 Å². The minimum absolute atomic E-state index is 0.00445. The topological polar surface area (TPSA) is 35.0 Å². The molecule has 2 heterocycles. The number of methoxy groups -OCH3 is 1. The Morgan fingerprint density at radius 1 is 1.00 bits per heavy atom. The van der Waals surface area contributed by atoms with Crippen LogP contribution >= 0.6 is 0 Å². The molecule has 0 spiro atoms. The van der Waals surface area contributed by atoms with E-state index in [2.05, 4.69) is 25.8 Å². The molecule has 0 aliphatic carbocycles. The maximum Gasteiger partial charge on any atom is 0.104 e. The molecule has 0 bridgehead atoms. The maximum atomic E-state index is 5.61. The van der Waals surface area contributed by atoms with E-state index in [1.54, 1.807) is 13.3 Å². The van der Waals surface area contributed by atoms with Gasteiger partial charge in [0.25, 0.3) is 0 Å². The Morgan fingerprint density at radius 2 is 1.74 bits per heavy atom. The highest BCUT2D eigenvalue weighted by Gasteiger charge is 2.27. The second-order valence-corrected chi connectivity index (χ2v) is 5.64. The molecular formula is C16H20N2O. The summed E-state index contributed by atoms with van der Waals surface area (Å²) in [6.07, 6.45) is 1.75. The molecule has 3 heteroatoms. The molecule has 3 nitrogen and oxygen atoms in total. The van der Waals surface area contributed by atoms with Gasteiger partial charge in [0.05, 0.1) is 17.1 Å². The molecule has 0 fully saturated rings. The summed E-state index contributed by atoms with van der Waals surface area (Å²) in [4.78, 5) is 9.03. The van der Waals surface area contributed by atoms with Crippen molar-refractivity contribution in [2.45, 2.75) is 26.9 Å². The standard InChI is InChI=1S/C16H20N2O/c1-16(2,3)15(19-4)14-10-7-9-13(18-14)12-8-5-6-11-17-12/h5-11,15H,1-4H3. The summed E-state index contributed by atoms with van der Waals surface area (Å²) in [5.41, 5.74) is 2.71. The van der Waals surface area contributed by atoms with Crippen LogP contribution in [0.1, 0.15) is 32.6 Å². The third kappa shape index (κ3) is 3.18. The molecule has 2 rings (SSSR count). The molecule has 1 atom stereocenters. The van der Waals surface area contributed by atoms with E-state index in [0.717, 1.165) is 17.1 Å². The summed E-state index contributed by atoms with van der Waals surface area (Å²) < 4.78 is 5.61. The molecule has 0 saturated carbocycles. The molecule has 0 aliphatic heterocycles. The molecule has 0 amide bonds. The quantitative estimate of drug-likeness (QED) is 0.836. The van der Waals surface area contributed by atoms with Gasteiger partial charge in [0, 0.05) is 13.3 Å². The number of pyridine rings is 2. The van der Waals surface area contributed by atoms with Gasteiger partial charge in [-0.15, -0.1) is 0 Å². The lowest BCUT2D eigenvalue weighted by Gasteiger charge is -2.29. The number of ether oxygens (including phenoxy) is 1. The molecule has 0 N–H and O–H groups in total. The van der Waals surface area contributed by atoms with Gasteiger partial charge in [0.15, 0.2) is 0 Å². The minimum atomic E-state index is -0.0313. The van der Waals surface area contributed by atoms with Crippen molar-refractivity contribution in [3.05, 3.63) is 48.3 Å². The zero-order valence-electron chi connectivity index (χ0n) is 11.9. The first-order valence-corrected chi connectivity index (χ1v) is 6.43. The van der Waals surface area contributed by atoms with E-state index < -0.39 is 0 Å². The van der Waals surface area contributed by atoms with E-state index >= 15 is 0 Å². The summed E-state index contributed by atoms with van der Waals surface area (Å²) in [6, 6.07) is 11.8. The van der Waals surface area contributed by atoms with Gasteiger partial charge in [-0.1, -0.05) is 32.9 Å². The van der Waals surface area contributed by atoms with Crippen LogP contribution in [0.25, 0.3) is 11.4 Å². The third-order valence-corrected chi connectivity index (χ3v) is 2.99. The van der Waals surface area contributed by atoms with Crippen LogP contribution in [0.3, 0.4) is 0 Å². The van der Waals surface area contributed by atoms with Crippen LogP contribution in [0.4, 0.5) is 0 Å². The highest BCUT2D eigenvalue weighted by atomic mass is 16.5. The summed E-state index contributed by atoms with van der Waals surface area (Å²) in [6.45, 7) is 6.45. The summed E-state index contributed by atoms with van der Waals surface area (Å²) in [5, 5.41) is 0. The van der Waals surface area contributed by atoms with Gasteiger partial charge in [0.2, 0.25) is 0 Å². The van der Waals surface area contributed by atoms with Crippen molar-refractivity contribution >= 4 is 0 Å². The molecule has 19 heavy (non-hydrogen) atoms. The Balaban J connectivity index is 2.40. The smallest absolute Gasteiger partial charge is 0.104 e. The van der Waals surface area contributed by atoms with Crippen LogP contribution in [0.15, 0.2) is 42.6 Å². The van der Waals surface area contributed by atoms with Gasteiger partial charge >= 0.3 is 0 Å². The molecular weight excluding hydrogens is 236 g/mol. The van der Waals surface area contributed by atoms with Gasteiger partial charge < -0.3 is 4.74 Å². The fraction of sp³-hybridized carbons (Fsp3) is 0.375. The van der Waals surface area contributed by atoms with E-state index in [9.17, 15) is 0 Å². The lowest BCUT2D eigenvalue weighted by molar-refractivity contribution is 0.0121. The number of aromatic nitrogens is 2. The van der Waals surface area contributed by atoms with Gasteiger partial charge in [0.1, 0.15) is 6.10 Å². The first-order valence-electron chi connectivity index (χ1n) is 6.43. The SMILES string of the molecule is COC(c1cccc(-c2ccccn2)n1)C(C)(C)C. The van der Waals surface area contributed by atoms with Crippen molar-refractivity contribution in [3.8, 4) is 11.4 Å². The van der Waals surface area contributed by atoms with Crippen LogP contribution in [-0.4, -0.2) is 17.1 Å². The van der Waals surface area contributed by atoms with E-state index in [4.69, 9.17) is 9.72 Å². The number of rotatable bonds is 3. The lowest BCUT2D eigenvalue weighted by atomic mass is 9.86. The van der Waals surface area contributed by atoms with E-state index in [1.165, 1.54) is 0 Å². The van der Waals surface area contributed by atoms with Gasteiger partial charge in [-0.25, -0.2) is 4.98 Å². The molecule has 100 valence electrons. The van der Waals surface area contributed by atoms with E-state index in [1.807, 2.05) is 36.4 Å². The van der Waals surface area contributed by atoms with Crippen LogP contribution in [-0.2, 0) is 4.74 Å². The maximum absolute atomic E-state index is 5.61. The lowest BCUT2D eigenvalue weighted by Crippen LogP contribution is -2.21. The van der Waals surface area contributed by atoms with E-state index in [-0.39, 0.29) is 11.5 Å². The van der Waals surface area contributed by atoms with Gasteiger partial charge in [-0.2, -0.15) is 0 Å². The van der Waals surface area contributed by atoms with Crippen LogP contribution in [0.2, 0.25) is 0 Å². The highest BCUT2D eigenvalue weighted by Crippen LogP contribution is 2.35. The Labute approximate surface area is 114 Å². The molecule has 0 saturated heterocycles. The molecule has 2 aromatic heterocycles. The normalized spacial score (nSPS) is 13.3. The summed E-state index contributed by atoms with van der Waals surface area (Å²) in [7, 11) is 1.73. The number of nitrogens with zero attached hydrogens (tertiary/aromatic N) is 2. The predicted octanol–water partition coefficient (Wildman–Crippen LogP) is 3.88. The second-order valence-electron chi connectivity index (χ2n) is 5.64. The Hall–Kier alpha value is -1.74. The zero-order valence-corrected chi connectivity index (χ0v) is 11.9. The molecule has 0 aliphatic rings. The van der Waals surface area contributed by atoms with Gasteiger partial charge in [-0.05, 0) is 29.7 Å². The van der Waals surface area contributed by atoms with Crippen molar-refractivity contribution < 1.29 is 4.74 Å². The number of hydrogen-bond acceptors (Lipinski definition) is 3. The van der Waals surface area contributed by atoms with Crippen LogP contribution in [0, 0.1) is 5.41 Å². The molecule has 1 unspecified atom stereocenters. The van der Waals surface area contributed by atoms with Gasteiger partial charge in [-0.3, -0.25) is 4.98 Å². The highest BCUT2D eigenvalue weighted by molar-refractivity contribution is 5.53.